The maximum Gasteiger partial charge on any atom is 0.0781 e. The Balaban J connectivity index is 3.12. The summed E-state index contributed by atoms with van der Waals surface area (Å²) in [7, 11) is 1.63. The van der Waals surface area contributed by atoms with Crippen molar-refractivity contribution in [3.05, 3.63) is 0 Å². The third-order valence-electron chi connectivity index (χ3n) is 1.02. The van der Waals surface area contributed by atoms with Crippen molar-refractivity contribution >= 4 is 0 Å². The average Bonchev–Trinajstić information content (AvgIpc) is 1.85. The number of aliphatic hydroxyl groups excluding tert-OH is 1. The molecule has 0 saturated heterocycles. The SMILES string of the molecule is COCC(C)OCC(C)O. The lowest BCUT2D eigenvalue weighted by molar-refractivity contribution is -0.0268. The molecule has 0 aliphatic heterocycles. The van der Waals surface area contributed by atoms with Crippen LogP contribution in [-0.4, -0.2) is 37.6 Å². The highest BCUT2D eigenvalue weighted by atomic mass is 16.5. The minimum atomic E-state index is -0.390. The fourth-order valence-corrected chi connectivity index (χ4v) is 0.586. The fraction of sp³-hybridized carbons (Fsp3) is 1.00. The van der Waals surface area contributed by atoms with Crippen LogP contribution in [0.2, 0.25) is 0 Å². The number of hydrogen-bond donors (Lipinski definition) is 1. The Morgan fingerprint density at radius 2 is 1.90 bits per heavy atom. The molecule has 0 heterocycles. The van der Waals surface area contributed by atoms with E-state index in [9.17, 15) is 0 Å². The zero-order valence-electron chi connectivity index (χ0n) is 6.83. The first-order valence-corrected chi connectivity index (χ1v) is 3.45. The Kier molecular flexibility index (Phi) is 5.58. The van der Waals surface area contributed by atoms with Crippen molar-refractivity contribution < 1.29 is 14.6 Å². The molecule has 0 spiro atoms. The first-order chi connectivity index (χ1) is 4.66. The molecule has 0 bridgehead atoms. The molecule has 0 fully saturated rings. The maximum absolute atomic E-state index is 8.80. The molecule has 0 aliphatic carbocycles. The Hall–Kier alpha value is -0.120. The second kappa shape index (κ2) is 5.65. The number of aliphatic hydroxyl groups is 1. The van der Waals surface area contributed by atoms with E-state index in [1.165, 1.54) is 0 Å². The summed E-state index contributed by atoms with van der Waals surface area (Å²) in [5.74, 6) is 0. The van der Waals surface area contributed by atoms with Crippen LogP contribution in [0.3, 0.4) is 0 Å². The van der Waals surface area contributed by atoms with Crippen molar-refractivity contribution in [2.45, 2.75) is 26.1 Å². The van der Waals surface area contributed by atoms with Gasteiger partial charge in [-0.15, -0.1) is 0 Å². The highest BCUT2D eigenvalue weighted by molar-refractivity contribution is 4.48. The molecule has 0 radical (unpaired) electrons. The maximum atomic E-state index is 8.80. The van der Waals surface area contributed by atoms with Gasteiger partial charge in [0, 0.05) is 7.11 Å². The fourth-order valence-electron chi connectivity index (χ4n) is 0.586. The molecular weight excluding hydrogens is 132 g/mol. The Morgan fingerprint density at radius 1 is 1.30 bits per heavy atom. The highest BCUT2D eigenvalue weighted by Gasteiger charge is 2.02. The molecule has 2 unspecified atom stereocenters. The van der Waals surface area contributed by atoms with Gasteiger partial charge in [0.15, 0.2) is 0 Å². The summed E-state index contributed by atoms with van der Waals surface area (Å²) in [4.78, 5) is 0. The van der Waals surface area contributed by atoms with E-state index in [4.69, 9.17) is 14.6 Å². The van der Waals surface area contributed by atoms with Crippen LogP contribution in [0.25, 0.3) is 0 Å². The van der Waals surface area contributed by atoms with Crippen molar-refractivity contribution in [1.29, 1.82) is 0 Å². The summed E-state index contributed by atoms with van der Waals surface area (Å²) in [6.07, 6.45) is -0.320. The first-order valence-electron chi connectivity index (χ1n) is 3.45. The van der Waals surface area contributed by atoms with Crippen LogP contribution in [0, 0.1) is 0 Å². The van der Waals surface area contributed by atoms with E-state index in [0.717, 1.165) is 0 Å². The average molecular weight is 148 g/mol. The summed E-state index contributed by atoms with van der Waals surface area (Å²) >= 11 is 0. The van der Waals surface area contributed by atoms with E-state index in [2.05, 4.69) is 0 Å². The number of methoxy groups -OCH3 is 1. The zero-order chi connectivity index (χ0) is 7.98. The van der Waals surface area contributed by atoms with E-state index < -0.39 is 0 Å². The summed E-state index contributed by atoms with van der Waals surface area (Å²) in [6, 6.07) is 0. The minimum absolute atomic E-state index is 0.0691. The van der Waals surface area contributed by atoms with Gasteiger partial charge in [0.1, 0.15) is 0 Å². The standard InChI is InChI=1S/C7H16O3/c1-6(8)4-10-7(2)5-9-3/h6-8H,4-5H2,1-3H3. The molecule has 62 valence electrons. The van der Waals surface area contributed by atoms with Crippen molar-refractivity contribution in [2.75, 3.05) is 20.3 Å². The molecule has 0 aromatic heterocycles. The first kappa shape index (κ1) is 9.88. The number of hydrogen-bond acceptors (Lipinski definition) is 3. The second-order valence-corrected chi connectivity index (χ2v) is 2.45. The Morgan fingerprint density at radius 3 is 2.30 bits per heavy atom. The monoisotopic (exact) mass is 148 g/mol. The molecule has 0 rings (SSSR count). The lowest BCUT2D eigenvalue weighted by Crippen LogP contribution is -2.20. The number of rotatable bonds is 5. The van der Waals surface area contributed by atoms with E-state index in [1.807, 2.05) is 6.92 Å². The molecule has 0 aromatic carbocycles. The largest absolute Gasteiger partial charge is 0.391 e. The van der Waals surface area contributed by atoms with Gasteiger partial charge in [-0.3, -0.25) is 0 Å². The molecule has 1 N–H and O–H groups in total. The molecule has 0 aromatic rings. The topological polar surface area (TPSA) is 38.7 Å². The van der Waals surface area contributed by atoms with Crippen LogP contribution in [0.5, 0.6) is 0 Å². The van der Waals surface area contributed by atoms with Crippen molar-refractivity contribution in [3.8, 4) is 0 Å². The molecule has 0 aliphatic rings. The van der Waals surface area contributed by atoms with E-state index in [0.29, 0.717) is 13.2 Å². The quantitative estimate of drug-likeness (QED) is 0.614. The third-order valence-corrected chi connectivity index (χ3v) is 1.02. The Labute approximate surface area is 62.0 Å². The second-order valence-electron chi connectivity index (χ2n) is 2.45. The summed E-state index contributed by atoms with van der Waals surface area (Å²) < 4.78 is 10.00. The van der Waals surface area contributed by atoms with Crippen LogP contribution in [0.4, 0.5) is 0 Å². The van der Waals surface area contributed by atoms with Gasteiger partial charge >= 0.3 is 0 Å². The molecule has 0 amide bonds. The van der Waals surface area contributed by atoms with Gasteiger partial charge < -0.3 is 14.6 Å². The van der Waals surface area contributed by atoms with E-state index >= 15 is 0 Å². The van der Waals surface area contributed by atoms with Gasteiger partial charge in [0.05, 0.1) is 25.4 Å². The van der Waals surface area contributed by atoms with Crippen LogP contribution in [-0.2, 0) is 9.47 Å². The van der Waals surface area contributed by atoms with Gasteiger partial charge in [-0.2, -0.15) is 0 Å². The molecular formula is C7H16O3. The van der Waals surface area contributed by atoms with Crippen molar-refractivity contribution in [3.63, 3.8) is 0 Å². The van der Waals surface area contributed by atoms with Gasteiger partial charge in [-0.05, 0) is 13.8 Å². The summed E-state index contributed by atoms with van der Waals surface area (Å²) in [5, 5.41) is 8.80. The van der Waals surface area contributed by atoms with Crippen LogP contribution >= 0.6 is 0 Å². The van der Waals surface area contributed by atoms with Gasteiger partial charge in [0.2, 0.25) is 0 Å². The van der Waals surface area contributed by atoms with Gasteiger partial charge in [0.25, 0.3) is 0 Å². The predicted octanol–water partition coefficient (Wildman–Crippen LogP) is 0.419. The lowest BCUT2D eigenvalue weighted by Gasteiger charge is -2.12. The smallest absolute Gasteiger partial charge is 0.0781 e. The van der Waals surface area contributed by atoms with Gasteiger partial charge in [-0.1, -0.05) is 0 Å². The van der Waals surface area contributed by atoms with E-state index in [-0.39, 0.29) is 12.2 Å². The normalized spacial score (nSPS) is 16.8. The molecule has 3 nitrogen and oxygen atoms in total. The molecule has 3 heteroatoms. The van der Waals surface area contributed by atoms with Crippen LogP contribution < -0.4 is 0 Å². The van der Waals surface area contributed by atoms with Crippen LogP contribution in [0.1, 0.15) is 13.8 Å². The minimum Gasteiger partial charge on any atom is -0.391 e. The Bertz CT molecular complexity index is 73.3. The van der Waals surface area contributed by atoms with E-state index in [1.54, 1.807) is 14.0 Å². The third kappa shape index (κ3) is 6.01. The summed E-state index contributed by atoms with van der Waals surface area (Å²) in [5.41, 5.74) is 0. The molecule has 10 heavy (non-hydrogen) atoms. The highest BCUT2D eigenvalue weighted by Crippen LogP contribution is 1.92. The summed E-state index contributed by atoms with van der Waals surface area (Å²) in [6.45, 7) is 4.56. The molecule has 2 atom stereocenters. The predicted molar refractivity (Wildman–Crippen MR) is 39.0 cm³/mol. The van der Waals surface area contributed by atoms with Crippen molar-refractivity contribution in [1.82, 2.24) is 0 Å². The lowest BCUT2D eigenvalue weighted by atomic mass is 10.4. The van der Waals surface area contributed by atoms with Crippen molar-refractivity contribution in [2.24, 2.45) is 0 Å². The number of ether oxygens (including phenoxy) is 2. The van der Waals surface area contributed by atoms with Gasteiger partial charge in [-0.25, -0.2) is 0 Å². The van der Waals surface area contributed by atoms with Crippen LogP contribution in [0.15, 0.2) is 0 Å². The zero-order valence-corrected chi connectivity index (χ0v) is 6.83. The molecule has 0 saturated carbocycles.